The zero-order valence-corrected chi connectivity index (χ0v) is 20.0. The van der Waals surface area contributed by atoms with Crippen LogP contribution in [0.1, 0.15) is 56.9 Å². The molecule has 2 fully saturated rings. The average Bonchev–Trinajstić information content (AvgIpc) is 2.85. The summed E-state index contributed by atoms with van der Waals surface area (Å²) in [7, 11) is 3.65. The van der Waals surface area contributed by atoms with Crippen LogP contribution in [0.2, 0.25) is 0 Å². The minimum absolute atomic E-state index is 0.108. The van der Waals surface area contributed by atoms with Gasteiger partial charge in [0.15, 0.2) is 0 Å². The summed E-state index contributed by atoms with van der Waals surface area (Å²) in [6.07, 6.45) is 14.1. The van der Waals surface area contributed by atoms with E-state index in [9.17, 15) is 9.59 Å². The van der Waals surface area contributed by atoms with Gasteiger partial charge in [0.25, 0.3) is 0 Å². The molecule has 0 bridgehead atoms. The van der Waals surface area contributed by atoms with Crippen molar-refractivity contribution in [3.05, 3.63) is 48.5 Å². The molecule has 2 amide bonds. The molecule has 2 heterocycles. The number of hydrogen-bond acceptors (Lipinski definition) is 4. The molecule has 0 radical (unpaired) electrons. The number of hydrogen-bond donors (Lipinski definition) is 0. The van der Waals surface area contributed by atoms with Crippen molar-refractivity contribution in [3.8, 4) is 11.1 Å². The molecule has 0 spiro atoms. The Morgan fingerprint density at radius 2 is 1.79 bits per heavy atom. The molecule has 1 aromatic heterocycles. The minimum Gasteiger partial charge on any atom is -0.348 e. The Morgan fingerprint density at radius 1 is 1.06 bits per heavy atom. The number of nitrogens with zero attached hydrogens (tertiary/aromatic N) is 4. The van der Waals surface area contributed by atoms with E-state index in [4.69, 9.17) is 0 Å². The molecule has 1 aliphatic carbocycles. The summed E-state index contributed by atoms with van der Waals surface area (Å²) in [6.45, 7) is 1.25. The van der Waals surface area contributed by atoms with Crippen molar-refractivity contribution < 1.29 is 9.59 Å². The Hall–Kier alpha value is -2.76. The monoisotopic (exact) mass is 448 g/mol. The summed E-state index contributed by atoms with van der Waals surface area (Å²) in [5.74, 6) is 0.838. The molecule has 1 saturated carbocycles. The molecule has 6 heteroatoms. The number of carbonyl (C=O) groups is 2. The first-order valence-corrected chi connectivity index (χ1v) is 12.3. The van der Waals surface area contributed by atoms with Gasteiger partial charge in [0.1, 0.15) is 6.33 Å². The molecule has 4 rings (SSSR count). The highest BCUT2D eigenvalue weighted by Crippen LogP contribution is 2.38. The number of aromatic nitrogens is 2. The minimum atomic E-state index is -0.615. The van der Waals surface area contributed by atoms with Crippen LogP contribution in [0.3, 0.4) is 0 Å². The first-order valence-electron chi connectivity index (χ1n) is 12.3. The molecule has 33 heavy (non-hydrogen) atoms. The summed E-state index contributed by atoms with van der Waals surface area (Å²) in [4.78, 5) is 38.9. The lowest BCUT2D eigenvalue weighted by molar-refractivity contribution is -0.147. The van der Waals surface area contributed by atoms with E-state index in [1.54, 1.807) is 4.90 Å². The molecule has 2 aliphatic rings. The number of likely N-dealkylation sites (tertiary alicyclic amines) is 1. The second kappa shape index (κ2) is 10.4. The van der Waals surface area contributed by atoms with Crippen LogP contribution in [0, 0.1) is 11.3 Å². The van der Waals surface area contributed by atoms with Crippen molar-refractivity contribution in [3.63, 3.8) is 0 Å². The lowest BCUT2D eigenvalue weighted by Crippen LogP contribution is -2.54. The van der Waals surface area contributed by atoms with Crippen LogP contribution < -0.4 is 0 Å². The number of benzene rings is 1. The van der Waals surface area contributed by atoms with E-state index in [1.165, 1.54) is 25.6 Å². The molecule has 0 N–H and O–H groups in total. The maximum atomic E-state index is 13.6. The summed E-state index contributed by atoms with van der Waals surface area (Å²) >= 11 is 0. The van der Waals surface area contributed by atoms with Gasteiger partial charge in [-0.05, 0) is 49.1 Å². The number of carbonyl (C=O) groups excluding carboxylic acids is 2. The standard InChI is InChI=1S/C27H36N4O2/c1-30(2)26(33)27(16-22-11-6-7-12-24(22)23-17-28-20-29-18-23)13-8-14-31(19-27)25(32)15-21-9-4-3-5-10-21/h6-7,11-12,17-18,20-21H,3-5,8-10,13-16,19H2,1-2H3/t27-/m1/s1. The van der Waals surface area contributed by atoms with Gasteiger partial charge in [-0.15, -0.1) is 0 Å². The molecule has 1 saturated heterocycles. The normalized spacial score (nSPS) is 21.6. The van der Waals surface area contributed by atoms with E-state index < -0.39 is 5.41 Å². The predicted molar refractivity (Wildman–Crippen MR) is 129 cm³/mol. The van der Waals surface area contributed by atoms with Crippen molar-refractivity contribution in [2.24, 2.45) is 11.3 Å². The molecule has 176 valence electrons. The van der Waals surface area contributed by atoms with Crippen LogP contribution in [0.4, 0.5) is 0 Å². The van der Waals surface area contributed by atoms with Gasteiger partial charge in [-0.25, -0.2) is 9.97 Å². The molecule has 1 aliphatic heterocycles. The topological polar surface area (TPSA) is 66.4 Å². The first kappa shape index (κ1) is 23.4. The van der Waals surface area contributed by atoms with Crippen LogP contribution in [0.15, 0.2) is 43.0 Å². The summed E-state index contributed by atoms with van der Waals surface area (Å²) in [5, 5.41) is 0. The van der Waals surface area contributed by atoms with E-state index in [1.807, 2.05) is 43.5 Å². The molecule has 0 unspecified atom stereocenters. The Morgan fingerprint density at radius 3 is 2.52 bits per heavy atom. The zero-order valence-electron chi connectivity index (χ0n) is 20.0. The zero-order chi connectivity index (χ0) is 23.3. The molecule has 1 atom stereocenters. The number of rotatable bonds is 6. The van der Waals surface area contributed by atoms with E-state index in [2.05, 4.69) is 22.1 Å². The summed E-state index contributed by atoms with van der Waals surface area (Å²) < 4.78 is 0. The van der Waals surface area contributed by atoms with Crippen LogP contribution >= 0.6 is 0 Å². The third-order valence-corrected chi connectivity index (χ3v) is 7.40. The third kappa shape index (κ3) is 5.43. The fourth-order valence-electron chi connectivity index (χ4n) is 5.74. The second-order valence-electron chi connectivity index (χ2n) is 10.1. The maximum Gasteiger partial charge on any atom is 0.230 e. The lowest BCUT2D eigenvalue weighted by Gasteiger charge is -2.43. The van der Waals surface area contributed by atoms with Crippen molar-refractivity contribution in [1.82, 2.24) is 19.8 Å². The molecular formula is C27H36N4O2. The first-order chi connectivity index (χ1) is 16.0. The highest BCUT2D eigenvalue weighted by Gasteiger charge is 2.44. The summed E-state index contributed by atoms with van der Waals surface area (Å²) in [5.41, 5.74) is 2.48. The highest BCUT2D eigenvalue weighted by molar-refractivity contribution is 5.85. The SMILES string of the molecule is CN(C)C(=O)[C@@]1(Cc2ccccc2-c2cncnc2)CCCN(C(=O)CC2CCCCC2)C1. The quantitative estimate of drug-likeness (QED) is 0.659. The van der Waals surface area contributed by atoms with Gasteiger partial charge in [0.05, 0.1) is 5.41 Å². The molecule has 6 nitrogen and oxygen atoms in total. The van der Waals surface area contributed by atoms with Crippen LogP contribution in [-0.4, -0.2) is 58.8 Å². The fraction of sp³-hybridized carbons (Fsp3) is 0.556. The van der Waals surface area contributed by atoms with E-state index in [-0.39, 0.29) is 11.8 Å². The predicted octanol–water partition coefficient (Wildman–Crippen LogP) is 4.35. The summed E-state index contributed by atoms with van der Waals surface area (Å²) in [6, 6.07) is 8.19. The maximum absolute atomic E-state index is 13.6. The van der Waals surface area contributed by atoms with Gasteiger partial charge in [0, 0.05) is 51.6 Å². The smallest absolute Gasteiger partial charge is 0.230 e. The van der Waals surface area contributed by atoms with Crippen LogP contribution in [-0.2, 0) is 16.0 Å². The van der Waals surface area contributed by atoms with Gasteiger partial charge in [0.2, 0.25) is 11.8 Å². The van der Waals surface area contributed by atoms with Gasteiger partial charge < -0.3 is 9.80 Å². The highest BCUT2D eigenvalue weighted by atomic mass is 16.2. The van der Waals surface area contributed by atoms with Gasteiger partial charge >= 0.3 is 0 Å². The Labute approximate surface area is 197 Å². The number of piperidine rings is 1. The van der Waals surface area contributed by atoms with E-state index >= 15 is 0 Å². The van der Waals surface area contributed by atoms with E-state index in [0.717, 1.165) is 48.9 Å². The van der Waals surface area contributed by atoms with Gasteiger partial charge in [-0.2, -0.15) is 0 Å². The van der Waals surface area contributed by atoms with Crippen LogP contribution in [0.5, 0.6) is 0 Å². The Balaban J connectivity index is 1.60. The average molecular weight is 449 g/mol. The van der Waals surface area contributed by atoms with Crippen molar-refractivity contribution >= 4 is 11.8 Å². The Bertz CT molecular complexity index is 956. The van der Waals surface area contributed by atoms with Crippen LogP contribution in [0.25, 0.3) is 11.1 Å². The molecular weight excluding hydrogens is 412 g/mol. The largest absolute Gasteiger partial charge is 0.348 e. The molecule has 1 aromatic carbocycles. The van der Waals surface area contributed by atoms with Crippen molar-refractivity contribution in [2.45, 2.75) is 57.8 Å². The van der Waals surface area contributed by atoms with Gasteiger partial charge in [-0.1, -0.05) is 43.5 Å². The number of amides is 2. The van der Waals surface area contributed by atoms with Gasteiger partial charge in [-0.3, -0.25) is 9.59 Å². The van der Waals surface area contributed by atoms with E-state index in [0.29, 0.717) is 25.3 Å². The second-order valence-corrected chi connectivity index (χ2v) is 10.1. The van der Waals surface area contributed by atoms with Crippen molar-refractivity contribution in [1.29, 1.82) is 0 Å². The van der Waals surface area contributed by atoms with Crippen molar-refractivity contribution in [2.75, 3.05) is 27.2 Å². The fourth-order valence-corrected chi connectivity index (χ4v) is 5.74. The third-order valence-electron chi connectivity index (χ3n) is 7.40. The molecule has 2 aromatic rings. The Kier molecular flexibility index (Phi) is 7.41. The lowest BCUT2D eigenvalue weighted by atomic mass is 9.72.